The molecule has 1 saturated carbocycles. The van der Waals surface area contributed by atoms with Crippen LogP contribution in [0.1, 0.15) is 48.5 Å². The summed E-state index contributed by atoms with van der Waals surface area (Å²) in [4.78, 5) is 24.5. The molecule has 1 saturated heterocycles. The Morgan fingerprint density at radius 3 is 2.26 bits per heavy atom. The molecule has 2 aliphatic rings. The van der Waals surface area contributed by atoms with Crippen molar-refractivity contribution < 1.29 is 26.8 Å². The summed E-state index contributed by atoms with van der Waals surface area (Å²) in [5, 5.41) is 8.37. The number of carbonyl (C=O) groups is 1. The van der Waals surface area contributed by atoms with Crippen molar-refractivity contribution in [1.82, 2.24) is 20.5 Å². The van der Waals surface area contributed by atoms with E-state index in [9.17, 15) is 26.8 Å². The van der Waals surface area contributed by atoms with E-state index in [2.05, 4.69) is 9.97 Å². The standard InChI is InChI=1S/C22H24F5N7O/c1-13(28)34(31-27)19-5-2-14(11-29-19)21(35)33(16-3-4-16)17-6-8-32(9-7-17)20-18(23)10-15(12-30-20)22(24,25)26/h2,5,10-12,16-17,28,31H,3-4,6-9H2,1H3. The maximum absolute atomic E-state index is 14.4. The SMILES string of the molecule is CC(=N)N(NF)c1ccc(C(=O)N(C2CC2)C2CCN(c3ncc(C(F)(F)F)cc3F)CC2)cn1. The number of piperidine rings is 1. The van der Waals surface area contributed by atoms with Crippen LogP contribution >= 0.6 is 0 Å². The van der Waals surface area contributed by atoms with Crippen LogP contribution in [-0.4, -0.2) is 51.8 Å². The summed E-state index contributed by atoms with van der Waals surface area (Å²) in [6, 6.07) is 3.35. The van der Waals surface area contributed by atoms with Crippen LogP contribution in [0.15, 0.2) is 30.6 Å². The van der Waals surface area contributed by atoms with Gasteiger partial charge >= 0.3 is 6.18 Å². The van der Waals surface area contributed by atoms with Crippen LogP contribution < -0.4 is 15.6 Å². The summed E-state index contributed by atoms with van der Waals surface area (Å²) >= 11 is 0. The number of rotatable bonds is 6. The summed E-state index contributed by atoms with van der Waals surface area (Å²) in [5.41, 5.74) is 0.540. The number of hydrazine groups is 1. The lowest BCUT2D eigenvalue weighted by Gasteiger charge is -2.39. The van der Waals surface area contributed by atoms with Crippen LogP contribution in [0, 0.1) is 11.2 Å². The Morgan fingerprint density at radius 2 is 1.77 bits per heavy atom. The first-order chi connectivity index (χ1) is 16.6. The minimum Gasteiger partial charge on any atom is -0.354 e. The summed E-state index contributed by atoms with van der Waals surface area (Å²) in [5.74, 6) is -1.39. The van der Waals surface area contributed by atoms with E-state index in [1.165, 1.54) is 30.9 Å². The number of carbonyl (C=O) groups excluding carboxylic acids is 1. The number of halogens is 5. The highest BCUT2D eigenvalue weighted by Crippen LogP contribution is 2.35. The molecule has 0 aromatic carbocycles. The van der Waals surface area contributed by atoms with Gasteiger partial charge in [0, 0.05) is 37.6 Å². The fraction of sp³-hybridized carbons (Fsp3) is 0.455. The largest absolute Gasteiger partial charge is 0.417 e. The van der Waals surface area contributed by atoms with Crippen molar-refractivity contribution in [2.45, 2.75) is 50.9 Å². The van der Waals surface area contributed by atoms with Gasteiger partial charge in [0.2, 0.25) is 0 Å². The van der Waals surface area contributed by atoms with E-state index in [1.54, 1.807) is 9.80 Å². The van der Waals surface area contributed by atoms with Gasteiger partial charge in [0.05, 0.1) is 11.1 Å². The number of alkyl halides is 3. The van der Waals surface area contributed by atoms with Gasteiger partial charge in [-0.25, -0.2) is 19.4 Å². The zero-order chi connectivity index (χ0) is 25.3. The van der Waals surface area contributed by atoms with Crippen LogP contribution in [0.5, 0.6) is 0 Å². The topological polar surface area (TPSA) is 88.5 Å². The summed E-state index contributed by atoms with van der Waals surface area (Å²) < 4.78 is 65.7. The number of hydrogen-bond donors (Lipinski definition) is 2. The van der Waals surface area contributed by atoms with Gasteiger partial charge in [-0.05, 0) is 50.8 Å². The van der Waals surface area contributed by atoms with Gasteiger partial charge in [-0.1, -0.05) is 5.65 Å². The van der Waals surface area contributed by atoms with Crippen LogP contribution in [0.25, 0.3) is 0 Å². The number of pyridine rings is 2. The molecule has 0 atom stereocenters. The molecule has 2 aromatic heterocycles. The molecule has 2 N–H and O–H groups in total. The zero-order valence-corrected chi connectivity index (χ0v) is 18.8. The third-order valence-electron chi connectivity index (χ3n) is 6.13. The van der Waals surface area contributed by atoms with Crippen molar-refractivity contribution >= 4 is 23.4 Å². The predicted octanol–water partition coefficient (Wildman–Crippen LogP) is 4.10. The van der Waals surface area contributed by atoms with E-state index >= 15 is 0 Å². The molecular weight excluding hydrogens is 473 g/mol. The van der Waals surface area contributed by atoms with Gasteiger partial charge in [-0.3, -0.25) is 10.2 Å². The molecule has 4 rings (SSSR count). The van der Waals surface area contributed by atoms with Gasteiger partial charge in [0.1, 0.15) is 5.84 Å². The predicted molar refractivity (Wildman–Crippen MR) is 118 cm³/mol. The lowest BCUT2D eigenvalue weighted by atomic mass is 10.0. The maximum Gasteiger partial charge on any atom is 0.417 e. The van der Waals surface area contributed by atoms with Gasteiger partial charge in [0.25, 0.3) is 5.91 Å². The molecule has 2 aromatic rings. The first-order valence-electron chi connectivity index (χ1n) is 11.1. The maximum atomic E-state index is 14.4. The van der Waals surface area contributed by atoms with Gasteiger partial charge in [-0.2, -0.15) is 13.2 Å². The fourth-order valence-corrected chi connectivity index (χ4v) is 4.23. The second-order valence-corrected chi connectivity index (χ2v) is 8.60. The molecule has 8 nitrogen and oxygen atoms in total. The molecule has 13 heteroatoms. The molecule has 2 fully saturated rings. The molecule has 1 amide bonds. The third-order valence-corrected chi connectivity index (χ3v) is 6.13. The fourth-order valence-electron chi connectivity index (χ4n) is 4.23. The van der Waals surface area contributed by atoms with Crippen LogP contribution in [0.3, 0.4) is 0 Å². The molecule has 0 bridgehead atoms. The molecule has 3 heterocycles. The Hall–Kier alpha value is -3.35. The molecule has 35 heavy (non-hydrogen) atoms. The molecule has 0 spiro atoms. The van der Waals surface area contributed by atoms with Crippen molar-refractivity contribution in [3.63, 3.8) is 0 Å². The number of aromatic nitrogens is 2. The lowest BCUT2D eigenvalue weighted by molar-refractivity contribution is -0.138. The average Bonchev–Trinajstić information content (AvgIpc) is 3.65. The molecular formula is C22H24F5N7O. The molecule has 0 unspecified atom stereocenters. The Balaban J connectivity index is 1.44. The van der Waals surface area contributed by atoms with Crippen molar-refractivity contribution in [1.29, 1.82) is 5.41 Å². The van der Waals surface area contributed by atoms with E-state index < -0.39 is 17.6 Å². The van der Waals surface area contributed by atoms with Crippen molar-refractivity contribution in [3.8, 4) is 0 Å². The normalized spacial score (nSPS) is 16.8. The van der Waals surface area contributed by atoms with E-state index in [-0.39, 0.29) is 35.5 Å². The van der Waals surface area contributed by atoms with E-state index in [0.29, 0.717) is 43.8 Å². The number of amides is 1. The number of amidine groups is 1. The second-order valence-electron chi connectivity index (χ2n) is 8.60. The van der Waals surface area contributed by atoms with Gasteiger partial charge < -0.3 is 9.80 Å². The number of nitrogens with one attached hydrogen (secondary N) is 2. The quantitative estimate of drug-likeness (QED) is 0.205. The Bertz CT molecular complexity index is 1080. The summed E-state index contributed by atoms with van der Waals surface area (Å²) in [6.07, 6.45) is 0.0112. The molecule has 188 valence electrons. The van der Waals surface area contributed by atoms with E-state index in [4.69, 9.17) is 5.41 Å². The average molecular weight is 497 g/mol. The summed E-state index contributed by atoms with van der Waals surface area (Å²) in [6.45, 7) is 2.05. The lowest BCUT2D eigenvalue weighted by Crippen LogP contribution is -2.49. The van der Waals surface area contributed by atoms with E-state index in [0.717, 1.165) is 17.9 Å². The Kier molecular flexibility index (Phi) is 6.88. The van der Waals surface area contributed by atoms with Crippen molar-refractivity contribution in [2.75, 3.05) is 23.0 Å². The molecule has 1 aliphatic heterocycles. The number of hydrogen-bond acceptors (Lipinski definition) is 6. The highest BCUT2D eigenvalue weighted by atomic mass is 19.4. The van der Waals surface area contributed by atoms with Crippen LogP contribution in [-0.2, 0) is 6.18 Å². The van der Waals surface area contributed by atoms with Crippen molar-refractivity contribution in [2.24, 2.45) is 0 Å². The van der Waals surface area contributed by atoms with Gasteiger partial charge in [0.15, 0.2) is 17.5 Å². The minimum absolute atomic E-state index is 0.0764. The Labute approximate surface area is 198 Å². The summed E-state index contributed by atoms with van der Waals surface area (Å²) in [7, 11) is 0. The van der Waals surface area contributed by atoms with Gasteiger partial charge in [-0.15, -0.1) is 4.48 Å². The van der Waals surface area contributed by atoms with Crippen LogP contribution in [0.4, 0.5) is 33.7 Å². The highest BCUT2D eigenvalue weighted by molar-refractivity contribution is 5.95. The monoisotopic (exact) mass is 497 g/mol. The van der Waals surface area contributed by atoms with Crippen LogP contribution in [0.2, 0.25) is 0 Å². The third kappa shape index (κ3) is 5.34. The minimum atomic E-state index is -4.67. The number of anilines is 2. The second kappa shape index (κ2) is 9.72. The molecule has 0 radical (unpaired) electrons. The Morgan fingerprint density at radius 1 is 1.11 bits per heavy atom. The smallest absolute Gasteiger partial charge is 0.354 e. The first-order valence-corrected chi connectivity index (χ1v) is 11.1. The van der Waals surface area contributed by atoms with Crippen molar-refractivity contribution in [3.05, 3.63) is 47.5 Å². The highest BCUT2D eigenvalue weighted by Gasteiger charge is 2.40. The molecule has 1 aliphatic carbocycles. The zero-order valence-electron chi connectivity index (χ0n) is 18.8. The van der Waals surface area contributed by atoms with E-state index in [1.807, 2.05) is 0 Å². The first kappa shape index (κ1) is 24.8. The number of nitrogens with zero attached hydrogens (tertiary/aromatic N) is 5.